The summed E-state index contributed by atoms with van der Waals surface area (Å²) >= 11 is 0. The lowest BCUT2D eigenvalue weighted by Gasteiger charge is -2.25. The van der Waals surface area contributed by atoms with Crippen molar-refractivity contribution in [3.63, 3.8) is 0 Å². The van der Waals surface area contributed by atoms with Crippen LogP contribution in [-0.2, 0) is 21.4 Å². The third-order valence-corrected chi connectivity index (χ3v) is 5.62. The highest BCUT2D eigenvalue weighted by Crippen LogP contribution is 2.28. The zero-order chi connectivity index (χ0) is 18.0. The number of benzene rings is 2. The Morgan fingerprint density at radius 2 is 1.88 bits per heavy atom. The van der Waals surface area contributed by atoms with Crippen molar-refractivity contribution in [2.45, 2.75) is 26.3 Å². The molecule has 0 saturated carbocycles. The molecule has 25 heavy (non-hydrogen) atoms. The van der Waals surface area contributed by atoms with Crippen molar-refractivity contribution < 1.29 is 13.2 Å². The van der Waals surface area contributed by atoms with E-state index < -0.39 is 10.0 Å². The highest BCUT2D eigenvalue weighted by Gasteiger charge is 2.24. The van der Waals surface area contributed by atoms with Gasteiger partial charge >= 0.3 is 0 Å². The molecule has 6 heteroatoms. The first-order valence-corrected chi connectivity index (χ1v) is 10.1. The molecule has 0 unspecified atom stereocenters. The Balaban J connectivity index is 1.97. The lowest BCUT2D eigenvalue weighted by molar-refractivity contribution is -0.117. The zero-order valence-corrected chi connectivity index (χ0v) is 15.3. The fourth-order valence-electron chi connectivity index (χ4n) is 3.08. The molecule has 0 aliphatic carbocycles. The Hall–Kier alpha value is -2.34. The van der Waals surface area contributed by atoms with Gasteiger partial charge in [-0.25, -0.2) is 8.42 Å². The van der Waals surface area contributed by atoms with E-state index in [-0.39, 0.29) is 12.5 Å². The number of hydrogen-bond donors (Lipinski definition) is 0. The predicted molar refractivity (Wildman–Crippen MR) is 100 cm³/mol. The minimum absolute atomic E-state index is 0.0851. The number of rotatable bonds is 5. The molecule has 1 amide bonds. The fourth-order valence-corrected chi connectivity index (χ4v) is 3.95. The van der Waals surface area contributed by atoms with Crippen LogP contribution in [0.4, 0.5) is 11.4 Å². The number of hydrogen-bond acceptors (Lipinski definition) is 3. The predicted octanol–water partition coefficient (Wildman–Crippen LogP) is 3.09. The van der Waals surface area contributed by atoms with E-state index in [0.29, 0.717) is 18.7 Å². The minimum Gasteiger partial charge on any atom is -0.312 e. The second-order valence-corrected chi connectivity index (χ2v) is 8.27. The summed E-state index contributed by atoms with van der Waals surface area (Å²) in [7, 11) is -3.46. The number of anilines is 2. The molecule has 0 N–H and O–H groups in total. The Kier molecular flexibility index (Phi) is 4.81. The van der Waals surface area contributed by atoms with Crippen LogP contribution in [0.5, 0.6) is 0 Å². The summed E-state index contributed by atoms with van der Waals surface area (Å²) in [5, 5.41) is 0. The van der Waals surface area contributed by atoms with Gasteiger partial charge in [0.15, 0.2) is 0 Å². The first-order valence-electron chi connectivity index (χ1n) is 8.29. The van der Waals surface area contributed by atoms with E-state index in [2.05, 4.69) is 0 Å². The maximum Gasteiger partial charge on any atom is 0.232 e. The van der Waals surface area contributed by atoms with Gasteiger partial charge in [-0.05, 0) is 42.7 Å². The maximum absolute atomic E-state index is 12.4. The number of sulfonamides is 1. The van der Waals surface area contributed by atoms with Crippen LogP contribution in [0, 0.1) is 6.92 Å². The van der Waals surface area contributed by atoms with Crippen molar-refractivity contribution in [1.82, 2.24) is 0 Å². The zero-order valence-electron chi connectivity index (χ0n) is 14.5. The van der Waals surface area contributed by atoms with Crippen LogP contribution in [0.2, 0.25) is 0 Å². The molecule has 3 rings (SSSR count). The second kappa shape index (κ2) is 6.88. The largest absolute Gasteiger partial charge is 0.312 e. The summed E-state index contributed by atoms with van der Waals surface area (Å²) in [5.74, 6) is 0.0851. The highest BCUT2D eigenvalue weighted by molar-refractivity contribution is 7.92. The molecule has 5 nitrogen and oxygen atoms in total. The van der Waals surface area contributed by atoms with Gasteiger partial charge in [0.2, 0.25) is 15.9 Å². The van der Waals surface area contributed by atoms with Crippen LogP contribution in [-0.4, -0.2) is 27.1 Å². The number of amides is 1. The van der Waals surface area contributed by atoms with Crippen molar-refractivity contribution >= 4 is 27.3 Å². The van der Waals surface area contributed by atoms with Crippen LogP contribution >= 0.6 is 0 Å². The Labute approximate surface area is 148 Å². The summed E-state index contributed by atoms with van der Waals surface area (Å²) in [6.07, 6.45) is 2.59. The molecule has 1 aliphatic heterocycles. The summed E-state index contributed by atoms with van der Waals surface area (Å²) in [6.45, 7) is 2.91. The van der Waals surface area contributed by atoms with Crippen molar-refractivity contribution in [3.8, 4) is 0 Å². The molecule has 0 atom stereocenters. The SMILES string of the molecule is Cc1ccccc1CN(c1cccc(N2CCCC2=O)c1)S(C)(=O)=O. The van der Waals surface area contributed by atoms with Crippen molar-refractivity contribution in [2.24, 2.45) is 0 Å². The van der Waals surface area contributed by atoms with Gasteiger partial charge < -0.3 is 4.90 Å². The molecule has 1 heterocycles. The summed E-state index contributed by atoms with van der Waals surface area (Å²) in [6, 6.07) is 14.9. The third kappa shape index (κ3) is 3.85. The van der Waals surface area contributed by atoms with E-state index in [1.54, 1.807) is 23.1 Å². The monoisotopic (exact) mass is 358 g/mol. The summed E-state index contributed by atoms with van der Waals surface area (Å²) in [5.41, 5.74) is 3.32. The van der Waals surface area contributed by atoms with Gasteiger partial charge in [0.25, 0.3) is 0 Å². The first kappa shape index (κ1) is 17.5. The van der Waals surface area contributed by atoms with Crippen molar-refractivity contribution in [3.05, 3.63) is 59.7 Å². The van der Waals surface area contributed by atoms with Gasteiger partial charge in [0.05, 0.1) is 18.5 Å². The average molecular weight is 358 g/mol. The number of carbonyl (C=O) groups excluding carboxylic acids is 1. The molecule has 132 valence electrons. The van der Waals surface area contributed by atoms with Crippen LogP contribution in [0.25, 0.3) is 0 Å². The minimum atomic E-state index is -3.46. The van der Waals surface area contributed by atoms with Crippen molar-refractivity contribution in [1.29, 1.82) is 0 Å². The topological polar surface area (TPSA) is 57.7 Å². The van der Waals surface area contributed by atoms with E-state index in [4.69, 9.17) is 0 Å². The summed E-state index contributed by atoms with van der Waals surface area (Å²) in [4.78, 5) is 13.7. The van der Waals surface area contributed by atoms with Crippen LogP contribution in [0.3, 0.4) is 0 Å². The van der Waals surface area contributed by atoms with Gasteiger partial charge in [-0.2, -0.15) is 0 Å². The smallest absolute Gasteiger partial charge is 0.232 e. The fraction of sp³-hybridized carbons (Fsp3) is 0.316. The quantitative estimate of drug-likeness (QED) is 0.825. The molecule has 1 saturated heterocycles. The van der Waals surface area contributed by atoms with E-state index in [1.165, 1.54) is 10.6 Å². The van der Waals surface area contributed by atoms with Crippen LogP contribution in [0.15, 0.2) is 48.5 Å². The average Bonchev–Trinajstić information content (AvgIpc) is 2.99. The third-order valence-electron chi connectivity index (χ3n) is 4.48. The van der Waals surface area contributed by atoms with Gasteiger partial charge in [0, 0.05) is 18.7 Å². The van der Waals surface area contributed by atoms with Crippen LogP contribution in [0.1, 0.15) is 24.0 Å². The molecule has 0 bridgehead atoms. The van der Waals surface area contributed by atoms with Crippen LogP contribution < -0.4 is 9.21 Å². The van der Waals surface area contributed by atoms with E-state index in [1.807, 2.05) is 37.3 Å². The maximum atomic E-state index is 12.4. The molecule has 0 radical (unpaired) electrons. The van der Waals surface area contributed by atoms with E-state index >= 15 is 0 Å². The van der Waals surface area contributed by atoms with E-state index in [9.17, 15) is 13.2 Å². The molecule has 0 spiro atoms. The lowest BCUT2D eigenvalue weighted by atomic mass is 10.1. The van der Waals surface area contributed by atoms with Gasteiger partial charge in [0.1, 0.15) is 0 Å². The molecular formula is C19H22N2O3S. The molecule has 1 aliphatic rings. The normalized spacial score (nSPS) is 14.8. The number of nitrogens with zero attached hydrogens (tertiary/aromatic N) is 2. The van der Waals surface area contributed by atoms with E-state index in [0.717, 1.165) is 23.2 Å². The molecule has 2 aromatic rings. The molecule has 2 aromatic carbocycles. The second-order valence-electron chi connectivity index (χ2n) is 6.36. The molecular weight excluding hydrogens is 336 g/mol. The standard InChI is InChI=1S/C19H22N2O3S/c1-15-7-3-4-8-16(15)14-21(25(2,23)24)18-10-5-9-17(13-18)20-12-6-11-19(20)22/h3-5,7-10,13H,6,11-12,14H2,1-2H3. The van der Waals surface area contributed by atoms with Gasteiger partial charge in [-0.3, -0.25) is 9.10 Å². The van der Waals surface area contributed by atoms with Crippen molar-refractivity contribution in [2.75, 3.05) is 22.0 Å². The molecule has 1 fully saturated rings. The Morgan fingerprint density at radius 3 is 2.52 bits per heavy atom. The summed E-state index contributed by atoms with van der Waals surface area (Å²) < 4.78 is 26.2. The van der Waals surface area contributed by atoms with Gasteiger partial charge in [-0.15, -0.1) is 0 Å². The Morgan fingerprint density at radius 1 is 1.12 bits per heavy atom. The molecule has 0 aromatic heterocycles. The number of aryl methyl sites for hydroxylation is 1. The number of carbonyl (C=O) groups is 1. The highest BCUT2D eigenvalue weighted by atomic mass is 32.2. The van der Waals surface area contributed by atoms with Gasteiger partial charge in [-0.1, -0.05) is 30.3 Å². The lowest BCUT2D eigenvalue weighted by Crippen LogP contribution is -2.30. The first-order chi connectivity index (χ1) is 11.9. The Bertz CT molecular complexity index is 893.